The van der Waals surface area contributed by atoms with Gasteiger partial charge in [0.25, 0.3) is 0 Å². The second kappa shape index (κ2) is 6.61. The predicted molar refractivity (Wildman–Crippen MR) is 60.0 cm³/mol. The van der Waals surface area contributed by atoms with Crippen molar-refractivity contribution in [1.29, 1.82) is 0 Å². The molecule has 0 saturated carbocycles. The van der Waals surface area contributed by atoms with E-state index in [2.05, 4.69) is 4.98 Å². The fourth-order valence-electron chi connectivity index (χ4n) is 1.12. The van der Waals surface area contributed by atoms with Crippen LogP contribution in [0.5, 0.6) is 0 Å². The van der Waals surface area contributed by atoms with Crippen LogP contribution in [0, 0.1) is 0 Å². The van der Waals surface area contributed by atoms with E-state index in [1.807, 2.05) is 0 Å². The molecule has 0 saturated heterocycles. The average molecular weight is 265 g/mol. The topological polar surface area (TPSA) is 111 Å². The SMILES string of the molecule is Nc1ccn(CC(CF)OCP(O)O)c(=O)n1. The number of aromatic nitrogens is 2. The molecule has 0 radical (unpaired) electrons. The standard InChI is InChI=1S/C8H13FN3O4P/c9-3-6(16-5-17(14)15)4-12-2-1-7(10)11-8(12)13/h1-2,6,14-15H,3-5H2,(H2,10,11,13). The van der Waals surface area contributed by atoms with Crippen LogP contribution in [-0.4, -0.2) is 38.5 Å². The van der Waals surface area contributed by atoms with Gasteiger partial charge in [-0.15, -0.1) is 0 Å². The molecule has 4 N–H and O–H groups in total. The van der Waals surface area contributed by atoms with Crippen molar-refractivity contribution in [2.75, 3.05) is 18.8 Å². The Bertz CT molecular complexity index is 414. The summed E-state index contributed by atoms with van der Waals surface area (Å²) in [5, 5.41) is 0. The molecular weight excluding hydrogens is 252 g/mol. The molecular formula is C8H13FN3O4P. The van der Waals surface area contributed by atoms with Gasteiger partial charge in [-0.25, -0.2) is 9.18 Å². The van der Waals surface area contributed by atoms with Crippen molar-refractivity contribution in [1.82, 2.24) is 9.55 Å². The summed E-state index contributed by atoms with van der Waals surface area (Å²) in [6.07, 6.45) is 0.0841. The van der Waals surface area contributed by atoms with Gasteiger partial charge in [0.05, 0.1) is 6.54 Å². The number of nitrogens with two attached hydrogens (primary N) is 1. The van der Waals surface area contributed by atoms with Gasteiger partial charge < -0.3 is 20.3 Å². The summed E-state index contributed by atoms with van der Waals surface area (Å²) in [5.41, 5.74) is 4.69. The molecule has 0 fully saturated rings. The lowest BCUT2D eigenvalue weighted by Gasteiger charge is -2.15. The van der Waals surface area contributed by atoms with E-state index in [9.17, 15) is 9.18 Å². The summed E-state index contributed by atoms with van der Waals surface area (Å²) in [6, 6.07) is 1.40. The minimum Gasteiger partial charge on any atom is -0.383 e. The Morgan fingerprint density at radius 1 is 1.65 bits per heavy atom. The first-order valence-electron chi connectivity index (χ1n) is 4.68. The fourth-order valence-corrected chi connectivity index (χ4v) is 1.46. The first-order chi connectivity index (χ1) is 8.02. The molecule has 1 aromatic heterocycles. The van der Waals surface area contributed by atoms with Crippen molar-refractivity contribution in [2.24, 2.45) is 0 Å². The summed E-state index contributed by atoms with van der Waals surface area (Å²) in [4.78, 5) is 32.1. The second-order valence-corrected chi connectivity index (χ2v) is 4.23. The number of hydrogen-bond acceptors (Lipinski definition) is 6. The number of anilines is 1. The summed E-state index contributed by atoms with van der Waals surface area (Å²) < 4.78 is 18.6. The van der Waals surface area contributed by atoms with E-state index in [1.54, 1.807) is 0 Å². The first-order valence-corrected chi connectivity index (χ1v) is 6.12. The minimum absolute atomic E-state index is 0.0637. The summed E-state index contributed by atoms with van der Waals surface area (Å²) >= 11 is 0. The van der Waals surface area contributed by atoms with Gasteiger partial charge in [-0.3, -0.25) is 4.57 Å². The number of halogens is 1. The van der Waals surface area contributed by atoms with Crippen molar-refractivity contribution in [3.05, 3.63) is 22.7 Å². The molecule has 0 amide bonds. The molecule has 0 aliphatic rings. The third kappa shape index (κ3) is 4.74. The Balaban J connectivity index is 2.64. The number of ether oxygens (including phenoxy) is 1. The maximum Gasteiger partial charge on any atom is 0.349 e. The Morgan fingerprint density at radius 3 is 2.88 bits per heavy atom. The zero-order chi connectivity index (χ0) is 12.8. The molecule has 0 bridgehead atoms. The summed E-state index contributed by atoms with van der Waals surface area (Å²) in [5.74, 6) is 0.0817. The van der Waals surface area contributed by atoms with E-state index in [0.29, 0.717) is 0 Å². The van der Waals surface area contributed by atoms with E-state index in [4.69, 9.17) is 20.3 Å². The monoisotopic (exact) mass is 265 g/mol. The lowest BCUT2D eigenvalue weighted by molar-refractivity contribution is 0.0471. The smallest absolute Gasteiger partial charge is 0.349 e. The van der Waals surface area contributed by atoms with Crippen LogP contribution in [0.3, 0.4) is 0 Å². The van der Waals surface area contributed by atoms with Crippen LogP contribution in [0.1, 0.15) is 0 Å². The molecule has 96 valence electrons. The molecule has 17 heavy (non-hydrogen) atoms. The van der Waals surface area contributed by atoms with Gasteiger partial charge in [-0.05, 0) is 6.07 Å². The largest absolute Gasteiger partial charge is 0.383 e. The fraction of sp³-hybridized carbons (Fsp3) is 0.500. The second-order valence-electron chi connectivity index (χ2n) is 3.23. The van der Waals surface area contributed by atoms with Gasteiger partial charge >= 0.3 is 5.69 Å². The number of hydrogen-bond donors (Lipinski definition) is 3. The van der Waals surface area contributed by atoms with Crippen molar-refractivity contribution in [2.45, 2.75) is 12.6 Å². The van der Waals surface area contributed by atoms with Gasteiger partial charge in [0, 0.05) is 6.20 Å². The molecule has 0 spiro atoms. The maximum atomic E-state index is 12.6. The van der Waals surface area contributed by atoms with Crippen LogP contribution in [0.2, 0.25) is 0 Å². The van der Waals surface area contributed by atoms with Crippen LogP contribution in [-0.2, 0) is 11.3 Å². The highest BCUT2D eigenvalue weighted by atomic mass is 31.2. The number of rotatable bonds is 6. The zero-order valence-electron chi connectivity index (χ0n) is 8.86. The molecule has 1 heterocycles. The minimum atomic E-state index is -2.24. The summed E-state index contributed by atoms with van der Waals surface area (Å²) in [6.45, 7) is -0.911. The van der Waals surface area contributed by atoms with E-state index in [0.717, 1.165) is 4.57 Å². The van der Waals surface area contributed by atoms with E-state index in [1.165, 1.54) is 12.3 Å². The molecule has 1 aromatic rings. The lowest BCUT2D eigenvalue weighted by atomic mass is 10.4. The highest BCUT2D eigenvalue weighted by Crippen LogP contribution is 2.23. The van der Waals surface area contributed by atoms with E-state index >= 15 is 0 Å². The van der Waals surface area contributed by atoms with Crippen LogP contribution in [0.4, 0.5) is 10.2 Å². The van der Waals surface area contributed by atoms with Gasteiger partial charge in [-0.1, -0.05) is 0 Å². The van der Waals surface area contributed by atoms with Crippen LogP contribution in [0.15, 0.2) is 17.1 Å². The van der Waals surface area contributed by atoms with Crippen molar-refractivity contribution < 1.29 is 18.9 Å². The normalized spacial score (nSPS) is 12.9. The molecule has 0 aromatic carbocycles. The third-order valence-corrected chi connectivity index (χ3v) is 2.27. The van der Waals surface area contributed by atoms with E-state index in [-0.39, 0.29) is 18.7 Å². The molecule has 1 unspecified atom stereocenters. The number of nitrogens with zero attached hydrogens (tertiary/aromatic N) is 2. The van der Waals surface area contributed by atoms with Gasteiger partial charge in [-0.2, -0.15) is 4.98 Å². The van der Waals surface area contributed by atoms with Crippen molar-refractivity contribution in [3.8, 4) is 0 Å². The summed E-state index contributed by atoms with van der Waals surface area (Å²) in [7, 11) is -2.24. The van der Waals surface area contributed by atoms with Crippen molar-refractivity contribution in [3.63, 3.8) is 0 Å². The van der Waals surface area contributed by atoms with Crippen LogP contribution < -0.4 is 11.4 Å². The average Bonchev–Trinajstić information content (AvgIpc) is 2.26. The maximum absolute atomic E-state index is 12.6. The Hall–Kier alpha value is -1.08. The highest BCUT2D eigenvalue weighted by Gasteiger charge is 2.13. The molecule has 0 aliphatic carbocycles. The lowest BCUT2D eigenvalue weighted by Crippen LogP contribution is -2.31. The molecule has 7 nitrogen and oxygen atoms in total. The highest BCUT2D eigenvalue weighted by molar-refractivity contribution is 7.44. The number of nitrogen functional groups attached to an aromatic ring is 1. The molecule has 1 atom stereocenters. The Kier molecular flexibility index (Phi) is 5.43. The van der Waals surface area contributed by atoms with Crippen LogP contribution in [0.25, 0.3) is 0 Å². The van der Waals surface area contributed by atoms with Gasteiger partial charge in [0.2, 0.25) is 0 Å². The Morgan fingerprint density at radius 2 is 2.35 bits per heavy atom. The molecule has 9 heteroatoms. The van der Waals surface area contributed by atoms with Gasteiger partial charge in [0.15, 0.2) is 8.38 Å². The number of alkyl halides is 1. The Labute approximate surface area is 97.6 Å². The third-order valence-electron chi connectivity index (χ3n) is 1.89. The van der Waals surface area contributed by atoms with Crippen molar-refractivity contribution >= 4 is 14.2 Å². The molecule has 0 aliphatic heterocycles. The van der Waals surface area contributed by atoms with Crippen LogP contribution >= 0.6 is 8.38 Å². The van der Waals surface area contributed by atoms with Gasteiger partial charge in [0.1, 0.15) is 24.9 Å². The quantitative estimate of drug-likeness (QED) is 0.594. The zero-order valence-corrected chi connectivity index (χ0v) is 9.76. The molecule has 1 rings (SSSR count). The first kappa shape index (κ1) is 14.0. The van der Waals surface area contributed by atoms with E-state index < -0.39 is 26.8 Å². The predicted octanol–water partition coefficient (Wildman–Crippen LogP) is -0.566.